The summed E-state index contributed by atoms with van der Waals surface area (Å²) < 4.78 is 1.92. The van der Waals surface area contributed by atoms with E-state index in [1.807, 2.05) is 41.8 Å². The molecule has 0 aliphatic rings. The third-order valence-electron chi connectivity index (χ3n) is 2.74. The first-order valence-corrected chi connectivity index (χ1v) is 6.63. The average molecular weight is 272 g/mol. The zero-order valence-corrected chi connectivity index (χ0v) is 11.1. The van der Waals surface area contributed by atoms with Crippen molar-refractivity contribution in [3.63, 3.8) is 0 Å². The molecule has 0 aliphatic carbocycles. The standard InChI is InChI=1S/C13H12N4OS/c1-9-6-10(8-18)7-14-12(9)19-13-16-15-11-4-2-3-5-17(11)13/h2-7,18H,8H2,1H3. The normalized spacial score (nSPS) is 11.1. The molecule has 0 spiro atoms. The molecule has 19 heavy (non-hydrogen) atoms. The molecule has 0 atom stereocenters. The Hall–Kier alpha value is -1.92. The minimum absolute atomic E-state index is 0.00660. The van der Waals surface area contributed by atoms with Gasteiger partial charge in [0.2, 0.25) is 5.16 Å². The van der Waals surface area contributed by atoms with Crippen LogP contribution in [0.15, 0.2) is 46.8 Å². The number of nitrogens with zero attached hydrogens (tertiary/aromatic N) is 4. The highest BCUT2D eigenvalue weighted by Gasteiger charge is 2.09. The van der Waals surface area contributed by atoms with Crippen molar-refractivity contribution in [3.05, 3.63) is 47.8 Å². The molecule has 0 aromatic carbocycles. The first-order valence-electron chi connectivity index (χ1n) is 5.82. The first kappa shape index (κ1) is 12.1. The largest absolute Gasteiger partial charge is 0.392 e. The van der Waals surface area contributed by atoms with Crippen LogP contribution in [0.1, 0.15) is 11.1 Å². The van der Waals surface area contributed by atoms with Crippen LogP contribution in [0.4, 0.5) is 0 Å². The minimum atomic E-state index is 0.00660. The van der Waals surface area contributed by atoms with Crippen molar-refractivity contribution in [2.45, 2.75) is 23.7 Å². The Balaban J connectivity index is 1.97. The van der Waals surface area contributed by atoms with Crippen molar-refractivity contribution in [3.8, 4) is 0 Å². The minimum Gasteiger partial charge on any atom is -0.392 e. The molecule has 6 heteroatoms. The van der Waals surface area contributed by atoms with Crippen LogP contribution in [0, 0.1) is 6.92 Å². The van der Waals surface area contributed by atoms with Gasteiger partial charge in [0, 0.05) is 12.4 Å². The Morgan fingerprint density at radius 2 is 2.21 bits per heavy atom. The van der Waals surface area contributed by atoms with Crippen molar-refractivity contribution in [1.29, 1.82) is 0 Å². The number of aryl methyl sites for hydroxylation is 1. The molecule has 0 fully saturated rings. The fourth-order valence-corrected chi connectivity index (χ4v) is 2.62. The molecule has 5 nitrogen and oxygen atoms in total. The average Bonchev–Trinajstić information content (AvgIpc) is 2.84. The lowest BCUT2D eigenvalue weighted by atomic mass is 10.2. The number of aliphatic hydroxyl groups is 1. The molecular formula is C13H12N4OS. The molecule has 1 N–H and O–H groups in total. The fraction of sp³-hybridized carbons (Fsp3) is 0.154. The van der Waals surface area contributed by atoms with Gasteiger partial charge in [0.25, 0.3) is 0 Å². The second kappa shape index (κ2) is 4.99. The number of aliphatic hydroxyl groups excluding tert-OH is 1. The Morgan fingerprint density at radius 3 is 3.00 bits per heavy atom. The van der Waals surface area contributed by atoms with Crippen LogP contribution in [0.3, 0.4) is 0 Å². The van der Waals surface area contributed by atoms with E-state index < -0.39 is 0 Å². The van der Waals surface area contributed by atoms with Crippen molar-refractivity contribution >= 4 is 17.4 Å². The van der Waals surface area contributed by atoms with E-state index >= 15 is 0 Å². The van der Waals surface area contributed by atoms with Crippen LogP contribution < -0.4 is 0 Å². The van der Waals surface area contributed by atoms with Crippen molar-refractivity contribution in [2.75, 3.05) is 0 Å². The van der Waals surface area contributed by atoms with Crippen molar-refractivity contribution in [2.24, 2.45) is 0 Å². The molecule has 3 rings (SSSR count). The molecule has 0 aliphatic heterocycles. The van der Waals surface area contributed by atoms with E-state index in [4.69, 9.17) is 5.11 Å². The molecule has 0 bridgehead atoms. The van der Waals surface area contributed by atoms with E-state index in [2.05, 4.69) is 15.2 Å². The maximum atomic E-state index is 9.08. The van der Waals surface area contributed by atoms with Crippen molar-refractivity contribution < 1.29 is 5.11 Å². The number of fused-ring (bicyclic) bond motifs is 1. The highest BCUT2D eigenvalue weighted by molar-refractivity contribution is 7.99. The number of pyridine rings is 2. The van der Waals surface area contributed by atoms with Crippen LogP contribution in [0.5, 0.6) is 0 Å². The molecular weight excluding hydrogens is 260 g/mol. The molecule has 3 heterocycles. The summed E-state index contributed by atoms with van der Waals surface area (Å²) >= 11 is 1.47. The second-order valence-corrected chi connectivity index (χ2v) is 5.09. The topological polar surface area (TPSA) is 63.3 Å². The van der Waals surface area contributed by atoms with Gasteiger partial charge >= 0.3 is 0 Å². The molecule has 3 aromatic rings. The number of rotatable bonds is 3. The molecule has 96 valence electrons. The second-order valence-electron chi connectivity index (χ2n) is 4.14. The smallest absolute Gasteiger partial charge is 0.201 e. The van der Waals surface area contributed by atoms with E-state index in [0.29, 0.717) is 0 Å². The highest BCUT2D eigenvalue weighted by atomic mass is 32.2. The quantitative estimate of drug-likeness (QED) is 0.791. The Morgan fingerprint density at radius 1 is 1.32 bits per heavy atom. The predicted octanol–water partition coefficient (Wildman–Crippen LogP) is 2.08. The Kier molecular flexibility index (Phi) is 3.18. The van der Waals surface area contributed by atoms with Crippen LogP contribution in [-0.2, 0) is 6.61 Å². The molecule has 0 saturated carbocycles. The lowest BCUT2D eigenvalue weighted by Gasteiger charge is -2.04. The van der Waals surface area contributed by atoms with Crippen LogP contribution in [-0.4, -0.2) is 24.7 Å². The Labute approximate surface area is 114 Å². The van der Waals surface area contributed by atoms with E-state index in [1.165, 1.54) is 11.8 Å². The van der Waals surface area contributed by atoms with Gasteiger partial charge in [-0.1, -0.05) is 6.07 Å². The molecule has 0 saturated heterocycles. The third kappa shape index (κ3) is 2.32. The maximum absolute atomic E-state index is 9.08. The van der Waals surface area contributed by atoms with Gasteiger partial charge in [-0.3, -0.25) is 4.40 Å². The summed E-state index contributed by atoms with van der Waals surface area (Å²) in [4.78, 5) is 4.35. The predicted molar refractivity (Wildman–Crippen MR) is 72.0 cm³/mol. The lowest BCUT2D eigenvalue weighted by Crippen LogP contribution is -1.93. The number of hydrogen-bond acceptors (Lipinski definition) is 5. The van der Waals surface area contributed by atoms with E-state index in [9.17, 15) is 0 Å². The van der Waals surface area contributed by atoms with Gasteiger partial charge < -0.3 is 5.11 Å². The van der Waals surface area contributed by atoms with Gasteiger partial charge in [0.1, 0.15) is 5.03 Å². The summed E-state index contributed by atoms with van der Waals surface area (Å²) in [7, 11) is 0. The fourth-order valence-electron chi connectivity index (χ4n) is 1.79. The molecule has 0 radical (unpaired) electrons. The van der Waals surface area contributed by atoms with Gasteiger partial charge in [0.15, 0.2) is 5.65 Å². The summed E-state index contributed by atoms with van der Waals surface area (Å²) in [6.07, 6.45) is 3.60. The highest BCUT2D eigenvalue weighted by Crippen LogP contribution is 2.27. The maximum Gasteiger partial charge on any atom is 0.201 e. The first-order chi connectivity index (χ1) is 9.28. The van der Waals surface area contributed by atoms with Crippen LogP contribution in [0.25, 0.3) is 5.65 Å². The number of aromatic nitrogens is 4. The van der Waals surface area contributed by atoms with Gasteiger partial charge in [-0.05, 0) is 48.0 Å². The zero-order valence-electron chi connectivity index (χ0n) is 10.3. The van der Waals surface area contributed by atoms with Crippen LogP contribution in [0.2, 0.25) is 0 Å². The van der Waals surface area contributed by atoms with Gasteiger partial charge in [0.05, 0.1) is 6.61 Å². The van der Waals surface area contributed by atoms with Crippen molar-refractivity contribution in [1.82, 2.24) is 19.6 Å². The lowest BCUT2D eigenvalue weighted by molar-refractivity contribution is 0.281. The summed E-state index contributed by atoms with van der Waals surface area (Å²) in [5.41, 5.74) is 2.65. The summed E-state index contributed by atoms with van der Waals surface area (Å²) in [5, 5.41) is 19.0. The SMILES string of the molecule is Cc1cc(CO)cnc1Sc1nnc2ccccn12. The zero-order chi connectivity index (χ0) is 13.2. The van der Waals surface area contributed by atoms with E-state index in [1.54, 1.807) is 6.20 Å². The van der Waals surface area contributed by atoms with Gasteiger partial charge in [-0.2, -0.15) is 0 Å². The third-order valence-corrected chi connectivity index (χ3v) is 3.82. The Bertz CT molecular complexity index is 725. The van der Waals surface area contributed by atoms with Gasteiger partial charge in [-0.15, -0.1) is 10.2 Å². The number of hydrogen-bond donors (Lipinski definition) is 1. The van der Waals surface area contributed by atoms with Crippen LogP contribution >= 0.6 is 11.8 Å². The molecule has 0 amide bonds. The summed E-state index contributed by atoms with van der Waals surface area (Å²) in [5.74, 6) is 0. The summed E-state index contributed by atoms with van der Waals surface area (Å²) in [6, 6.07) is 7.71. The summed E-state index contributed by atoms with van der Waals surface area (Å²) in [6.45, 7) is 1.98. The molecule has 0 unspecified atom stereocenters. The van der Waals surface area contributed by atoms with E-state index in [0.717, 1.165) is 27.0 Å². The van der Waals surface area contributed by atoms with E-state index in [-0.39, 0.29) is 6.61 Å². The molecule has 3 aromatic heterocycles. The van der Waals surface area contributed by atoms with Gasteiger partial charge in [-0.25, -0.2) is 4.98 Å². The monoisotopic (exact) mass is 272 g/mol.